The Morgan fingerprint density at radius 3 is 0.722 bits per heavy atom. The van der Waals surface area contributed by atoms with Crippen molar-refractivity contribution in [3.8, 4) is 0 Å². The summed E-state index contributed by atoms with van der Waals surface area (Å²) in [5, 5.41) is 16.9. The van der Waals surface area contributed by atoms with Crippen LogP contribution in [0.15, 0.2) is 0 Å². The van der Waals surface area contributed by atoms with E-state index in [1.54, 1.807) is 0 Å². The summed E-state index contributed by atoms with van der Waals surface area (Å²) < 4.78 is 9.13. The van der Waals surface area contributed by atoms with Gasteiger partial charge < -0.3 is 44.3 Å². The van der Waals surface area contributed by atoms with Gasteiger partial charge in [0.05, 0.1) is 0 Å². The predicted octanol–water partition coefficient (Wildman–Crippen LogP) is 2.61. The molecule has 0 saturated carbocycles. The van der Waals surface area contributed by atoms with Crippen molar-refractivity contribution in [3.63, 3.8) is 0 Å². The summed E-state index contributed by atoms with van der Waals surface area (Å²) in [7, 11) is 0. The Balaban J connectivity index is -0.000000130. The van der Waals surface area contributed by atoms with Crippen LogP contribution in [0, 0.1) is 0 Å². The molecule has 0 saturated heterocycles. The predicted molar refractivity (Wildman–Crippen MR) is 113 cm³/mol. The molecule has 0 aromatic rings. The summed E-state index contributed by atoms with van der Waals surface area (Å²) in [4.78, 5) is 66.3. The van der Waals surface area contributed by atoms with Gasteiger partial charge in [-0.3, -0.25) is 28.8 Å². The van der Waals surface area contributed by atoms with Crippen LogP contribution in [0.3, 0.4) is 0 Å². The van der Waals surface area contributed by atoms with Gasteiger partial charge in [0.1, 0.15) is 0 Å². The summed E-state index contributed by atoms with van der Waals surface area (Å²) in [6.45, 7) is 0. The zero-order valence-corrected chi connectivity index (χ0v) is 33.2. The van der Waals surface area contributed by atoms with Crippen LogP contribution >= 0.6 is 0 Å². The topological polar surface area (TPSA) is 301 Å². The second kappa shape index (κ2) is 39.1. The van der Waals surface area contributed by atoms with Gasteiger partial charge in [-0.2, -0.15) is 0 Å². The van der Waals surface area contributed by atoms with E-state index in [2.05, 4.69) is 9.47 Å². The number of rotatable bonds is 15. The molecule has 0 spiro atoms. The van der Waals surface area contributed by atoms with Gasteiger partial charge in [-0.15, -0.1) is 0 Å². The van der Waals surface area contributed by atoms with E-state index in [9.17, 15) is 28.8 Å². The minimum atomic E-state index is -0.956. The van der Waals surface area contributed by atoms with Gasteiger partial charge in [0.2, 0.25) is 0 Å². The van der Waals surface area contributed by atoms with E-state index in [0.717, 1.165) is 0 Å². The van der Waals surface area contributed by atoms with E-state index >= 15 is 0 Å². The maximum atomic E-state index is 11.5. The SMILES string of the molecule is N.N.N.N.O=C(O)CCCCC(=O)OC(=O)CCCCC(=O)OC(=O)CCCCC(=O)O.[Zn].[Zn].[Zn].[Zn]. The normalized spacial score (nSPS) is 7.89. The first-order valence-electron chi connectivity index (χ1n) is 9.11. The first kappa shape index (κ1) is 60.2. The number of hydrogen-bond acceptors (Lipinski definition) is 12. The number of hydrogen-bond donors (Lipinski definition) is 6. The Morgan fingerprint density at radius 1 is 0.389 bits per heavy atom. The Bertz CT molecular complexity index is 552. The first-order valence-corrected chi connectivity index (χ1v) is 9.11. The van der Waals surface area contributed by atoms with Crippen LogP contribution in [-0.4, -0.2) is 46.0 Å². The number of carbonyl (C=O) groups excluding carboxylic acids is 4. The summed E-state index contributed by atoms with van der Waals surface area (Å²) in [5.41, 5.74) is 0. The molecule has 0 aliphatic rings. The molecule has 0 rings (SSSR count). The van der Waals surface area contributed by atoms with Crippen LogP contribution in [0.2, 0.25) is 0 Å². The van der Waals surface area contributed by atoms with E-state index in [1.165, 1.54) is 0 Å². The fourth-order valence-electron chi connectivity index (χ4n) is 2.09. The van der Waals surface area contributed by atoms with Crippen LogP contribution in [0.4, 0.5) is 0 Å². The molecule has 36 heavy (non-hydrogen) atoms. The Morgan fingerprint density at radius 2 is 0.556 bits per heavy atom. The summed E-state index contributed by atoms with van der Waals surface area (Å²) in [6, 6.07) is 0. The molecule has 0 unspecified atom stereocenters. The van der Waals surface area contributed by atoms with Crippen LogP contribution in [0.5, 0.6) is 0 Å². The molecule has 14 N–H and O–H groups in total. The van der Waals surface area contributed by atoms with Gasteiger partial charge in [0.15, 0.2) is 0 Å². The molecule has 0 bridgehead atoms. The van der Waals surface area contributed by atoms with Crippen LogP contribution in [-0.2, 0) is 116 Å². The number of aliphatic carboxylic acids is 2. The minimum absolute atomic E-state index is 0. The number of esters is 4. The third kappa shape index (κ3) is 43.6. The number of unbranched alkanes of at least 4 members (excludes halogenated alkanes) is 3. The molecule has 0 heterocycles. The molecule has 14 nitrogen and oxygen atoms in total. The smallest absolute Gasteiger partial charge is 0.313 e. The van der Waals surface area contributed by atoms with Gasteiger partial charge in [-0.05, 0) is 38.5 Å². The third-order valence-corrected chi connectivity index (χ3v) is 3.51. The van der Waals surface area contributed by atoms with Crippen LogP contribution < -0.4 is 24.6 Å². The Kier molecular flexibility index (Phi) is 65.3. The van der Waals surface area contributed by atoms with Crippen molar-refractivity contribution in [1.29, 1.82) is 0 Å². The van der Waals surface area contributed by atoms with Crippen molar-refractivity contribution in [2.24, 2.45) is 0 Å². The summed E-state index contributed by atoms with van der Waals surface area (Å²) in [6.07, 6.45) is 1.47. The van der Waals surface area contributed by atoms with Crippen molar-refractivity contribution in [3.05, 3.63) is 0 Å². The molecule has 0 aromatic heterocycles. The molecule has 0 radical (unpaired) electrons. The molecule has 18 heteroatoms. The van der Waals surface area contributed by atoms with Crippen molar-refractivity contribution >= 4 is 35.8 Å². The van der Waals surface area contributed by atoms with Gasteiger partial charge in [-0.1, -0.05) is 0 Å². The first-order chi connectivity index (χ1) is 13.2. The summed E-state index contributed by atoms with van der Waals surface area (Å²) in [5.74, 6) is -4.81. The van der Waals surface area contributed by atoms with Crippen molar-refractivity contribution < 1.29 is 126 Å². The summed E-state index contributed by atoms with van der Waals surface area (Å²) >= 11 is 0. The molecule has 0 aliphatic carbocycles. The quantitative estimate of drug-likeness (QED) is 0.0611. The van der Waals surface area contributed by atoms with E-state index in [4.69, 9.17) is 10.2 Å². The van der Waals surface area contributed by atoms with Crippen LogP contribution in [0.1, 0.15) is 77.0 Å². The van der Waals surface area contributed by atoms with Crippen molar-refractivity contribution in [1.82, 2.24) is 24.6 Å². The number of carboxylic acids is 2. The second-order valence-corrected chi connectivity index (χ2v) is 6.10. The van der Waals surface area contributed by atoms with Gasteiger partial charge in [0, 0.05) is 116 Å². The zero-order valence-electron chi connectivity index (χ0n) is 21.3. The van der Waals surface area contributed by atoms with Gasteiger partial charge >= 0.3 is 35.8 Å². The fraction of sp³-hybridized carbons (Fsp3) is 0.667. The monoisotopic (exact) mass is 726 g/mol. The third-order valence-electron chi connectivity index (χ3n) is 3.51. The van der Waals surface area contributed by atoms with Gasteiger partial charge in [-0.25, -0.2) is 0 Å². The average molecular weight is 732 g/mol. The number of ether oxygens (including phenoxy) is 2. The van der Waals surface area contributed by atoms with Crippen molar-refractivity contribution in [2.75, 3.05) is 0 Å². The number of carbonyl (C=O) groups is 6. The molecule has 0 atom stereocenters. The minimum Gasteiger partial charge on any atom is -0.481 e. The maximum absolute atomic E-state index is 11.5. The second-order valence-electron chi connectivity index (χ2n) is 6.10. The van der Waals surface area contributed by atoms with E-state index in [-0.39, 0.29) is 154 Å². The Labute approximate surface area is 262 Å². The molecule has 198 valence electrons. The number of carboxylic acid groups (broad SMARTS) is 2. The fourth-order valence-corrected chi connectivity index (χ4v) is 2.09. The molecular weight excluding hydrogens is 694 g/mol. The van der Waals surface area contributed by atoms with E-state index in [1.807, 2.05) is 0 Å². The Hall–Kier alpha value is -0.446. The molecule has 0 aromatic carbocycles. The largest absolute Gasteiger partial charge is 0.481 e. The maximum Gasteiger partial charge on any atom is 0.313 e. The van der Waals surface area contributed by atoms with Gasteiger partial charge in [0.25, 0.3) is 0 Å². The van der Waals surface area contributed by atoms with E-state index < -0.39 is 35.8 Å². The molecular formula is C18H38N4O10Zn4. The average Bonchev–Trinajstić information content (AvgIpc) is 2.59. The van der Waals surface area contributed by atoms with E-state index in [0.29, 0.717) is 25.7 Å². The standard InChI is InChI=1S/C18H26O10.4H3N.4Zn/c19-13(20)7-1-3-9-15(23)27-17(25)11-5-6-12-18(26)28-16(24)10-4-2-8-14(21)22;;;;;;;;/h1-12H2,(H,19,20)(H,21,22);4*1H3;;;;. The van der Waals surface area contributed by atoms with Crippen molar-refractivity contribution in [2.45, 2.75) is 77.0 Å². The molecule has 0 aliphatic heterocycles. The molecule has 0 amide bonds. The molecule has 0 fully saturated rings. The zero-order chi connectivity index (χ0) is 21.4. The van der Waals surface area contributed by atoms with Crippen LogP contribution in [0.25, 0.3) is 0 Å².